The third kappa shape index (κ3) is 1.72. The van der Waals surface area contributed by atoms with E-state index in [9.17, 15) is 15.0 Å². The summed E-state index contributed by atoms with van der Waals surface area (Å²) in [5.74, 6) is 0.468. The number of carbonyl (C=O) groups is 1. The number of amides is 1. The van der Waals surface area contributed by atoms with Crippen molar-refractivity contribution in [2.45, 2.75) is 42.0 Å². The number of hydrogen-bond acceptors (Lipinski definition) is 5. The van der Waals surface area contributed by atoms with Crippen LogP contribution in [0.1, 0.15) is 17.5 Å². The number of aromatic hydroxyl groups is 1. The van der Waals surface area contributed by atoms with E-state index in [1.165, 1.54) is 0 Å². The van der Waals surface area contributed by atoms with E-state index in [0.717, 1.165) is 30.5 Å². The molecular formula is C19H21BrN2O4. The van der Waals surface area contributed by atoms with Crippen LogP contribution in [0.2, 0.25) is 0 Å². The van der Waals surface area contributed by atoms with Crippen molar-refractivity contribution in [3.8, 4) is 11.5 Å². The zero-order valence-electron chi connectivity index (χ0n) is 14.4. The monoisotopic (exact) mass is 420 g/mol. The van der Waals surface area contributed by atoms with Crippen LogP contribution in [-0.2, 0) is 16.6 Å². The lowest BCUT2D eigenvalue weighted by Crippen LogP contribution is -2.80. The molecule has 0 radical (unpaired) electrons. The van der Waals surface area contributed by atoms with Crippen LogP contribution in [0.4, 0.5) is 0 Å². The van der Waals surface area contributed by atoms with Crippen molar-refractivity contribution in [1.82, 2.24) is 10.2 Å². The molecule has 4 aliphatic rings. The van der Waals surface area contributed by atoms with Gasteiger partial charge in [0.05, 0.1) is 16.3 Å². The second-order valence-electron chi connectivity index (χ2n) is 7.81. The van der Waals surface area contributed by atoms with Crippen LogP contribution >= 0.6 is 15.9 Å². The van der Waals surface area contributed by atoms with Crippen molar-refractivity contribution in [3.05, 3.63) is 35.4 Å². The van der Waals surface area contributed by atoms with Crippen LogP contribution in [0.15, 0.2) is 24.3 Å². The molecule has 1 amide bonds. The SMILES string of the molecule is CN1CC[C@]23c4c5ccc(O)c4O[C@H]2[C@@H](O)C=C[C@@]3(NC(=O)CBr)[C@H]1C5. The van der Waals surface area contributed by atoms with Crippen LogP contribution in [0, 0.1) is 0 Å². The smallest absolute Gasteiger partial charge is 0.231 e. The summed E-state index contributed by atoms with van der Waals surface area (Å²) in [6, 6.07) is 3.67. The number of phenols is 1. The lowest BCUT2D eigenvalue weighted by Gasteiger charge is -2.63. The van der Waals surface area contributed by atoms with E-state index < -0.39 is 23.2 Å². The number of rotatable bonds is 2. The molecule has 0 saturated carbocycles. The number of nitrogens with zero attached hydrogens (tertiary/aromatic N) is 1. The Hall–Kier alpha value is -1.57. The number of alkyl halides is 1. The number of halogens is 1. The van der Waals surface area contributed by atoms with Crippen LogP contribution in [0.5, 0.6) is 11.5 Å². The quantitative estimate of drug-likeness (QED) is 0.487. The molecule has 0 unspecified atom stereocenters. The molecule has 1 spiro atoms. The molecule has 1 saturated heterocycles. The second-order valence-corrected chi connectivity index (χ2v) is 8.37. The molecule has 2 aliphatic carbocycles. The highest BCUT2D eigenvalue weighted by molar-refractivity contribution is 9.09. The topological polar surface area (TPSA) is 82.0 Å². The molecule has 2 heterocycles. The van der Waals surface area contributed by atoms with Gasteiger partial charge in [0.2, 0.25) is 5.91 Å². The van der Waals surface area contributed by atoms with E-state index in [-0.39, 0.29) is 23.0 Å². The summed E-state index contributed by atoms with van der Waals surface area (Å²) in [7, 11) is 2.08. The zero-order valence-corrected chi connectivity index (χ0v) is 16.0. The Morgan fingerprint density at radius 1 is 1.50 bits per heavy atom. The van der Waals surface area contributed by atoms with Crippen molar-refractivity contribution >= 4 is 21.8 Å². The lowest BCUT2D eigenvalue weighted by atomic mass is 9.49. The fourth-order valence-corrected chi connectivity index (χ4v) is 5.97. The van der Waals surface area contributed by atoms with Gasteiger partial charge in [-0.1, -0.05) is 34.1 Å². The van der Waals surface area contributed by atoms with Crippen LogP contribution in [-0.4, -0.2) is 63.7 Å². The van der Waals surface area contributed by atoms with Crippen molar-refractivity contribution in [1.29, 1.82) is 0 Å². The van der Waals surface area contributed by atoms with Gasteiger partial charge < -0.3 is 25.2 Å². The van der Waals surface area contributed by atoms with E-state index in [0.29, 0.717) is 5.75 Å². The van der Waals surface area contributed by atoms with Gasteiger partial charge in [-0.05, 0) is 38.1 Å². The number of nitrogens with one attached hydrogen (secondary N) is 1. The normalized spacial score (nSPS) is 39.3. The summed E-state index contributed by atoms with van der Waals surface area (Å²) in [6.07, 6.45) is 3.88. The second kappa shape index (κ2) is 5.24. The molecule has 7 heteroatoms. The molecule has 6 nitrogen and oxygen atoms in total. The summed E-state index contributed by atoms with van der Waals surface area (Å²) in [5.41, 5.74) is 0.826. The first-order valence-electron chi connectivity index (χ1n) is 8.91. The summed E-state index contributed by atoms with van der Waals surface area (Å²) in [6.45, 7) is 0.839. The van der Waals surface area contributed by atoms with Crippen molar-refractivity contribution in [3.63, 3.8) is 0 Å². The average Bonchev–Trinajstić information content (AvgIpc) is 2.99. The van der Waals surface area contributed by atoms with Gasteiger partial charge in [-0.25, -0.2) is 0 Å². The Bertz CT molecular complexity index is 843. The van der Waals surface area contributed by atoms with Gasteiger partial charge in [0, 0.05) is 11.6 Å². The van der Waals surface area contributed by atoms with Crippen molar-refractivity contribution < 1.29 is 19.7 Å². The van der Waals surface area contributed by atoms with Gasteiger partial charge in [0.15, 0.2) is 11.5 Å². The molecule has 5 rings (SSSR count). The first kappa shape index (κ1) is 16.6. The zero-order chi connectivity index (χ0) is 18.3. The fourth-order valence-electron chi connectivity index (χ4n) is 5.83. The molecule has 1 fully saturated rings. The van der Waals surface area contributed by atoms with E-state index in [1.54, 1.807) is 12.1 Å². The number of piperidine rings is 1. The highest BCUT2D eigenvalue weighted by Gasteiger charge is 2.72. The van der Waals surface area contributed by atoms with Gasteiger partial charge in [-0.2, -0.15) is 0 Å². The first-order chi connectivity index (χ1) is 12.4. The minimum Gasteiger partial charge on any atom is -0.504 e. The number of aliphatic hydroxyl groups excluding tert-OH is 1. The molecule has 138 valence electrons. The van der Waals surface area contributed by atoms with Gasteiger partial charge in [-0.15, -0.1) is 0 Å². The summed E-state index contributed by atoms with van der Waals surface area (Å²) in [5, 5.41) is 24.6. The number of likely N-dealkylation sites (N-methyl/N-ethyl adjacent to an activating group) is 1. The number of benzene rings is 1. The lowest BCUT2D eigenvalue weighted by molar-refractivity contribution is -0.127. The van der Waals surface area contributed by atoms with Crippen molar-refractivity contribution in [2.75, 3.05) is 18.9 Å². The number of ether oxygens (including phenoxy) is 1. The van der Waals surface area contributed by atoms with Crippen molar-refractivity contribution in [2.24, 2.45) is 0 Å². The minimum atomic E-state index is -0.786. The van der Waals surface area contributed by atoms with Crippen LogP contribution < -0.4 is 10.1 Å². The molecule has 5 atom stereocenters. The molecule has 1 aromatic carbocycles. The van der Waals surface area contributed by atoms with E-state index in [4.69, 9.17) is 4.74 Å². The highest BCUT2D eigenvalue weighted by atomic mass is 79.9. The molecule has 0 aromatic heterocycles. The molecule has 3 N–H and O–H groups in total. The van der Waals surface area contributed by atoms with Gasteiger partial charge in [0.1, 0.15) is 12.2 Å². The third-order valence-corrected chi connectivity index (χ3v) is 7.31. The van der Waals surface area contributed by atoms with Gasteiger partial charge in [0.25, 0.3) is 0 Å². The average molecular weight is 421 g/mol. The number of aliphatic hydroxyl groups is 1. The standard InChI is InChI=1S/C19H21BrN2O4/c1-22-7-6-18-15-10-2-3-11(23)16(15)26-17(18)12(24)4-5-19(18,13(22)8-10)21-14(25)9-20/h2-5,12-13,17,23-24H,6-9H2,1H3,(H,21,25)/t12-,13+,17-,18-,19+/m0/s1. The minimum absolute atomic E-state index is 0.0529. The number of hydrogen-bond donors (Lipinski definition) is 3. The summed E-state index contributed by atoms with van der Waals surface area (Å²) >= 11 is 3.26. The Labute approximate surface area is 160 Å². The maximum absolute atomic E-state index is 12.5. The Morgan fingerprint density at radius 3 is 3.08 bits per heavy atom. The van der Waals surface area contributed by atoms with Crippen LogP contribution in [0.3, 0.4) is 0 Å². The molecular weight excluding hydrogens is 400 g/mol. The fraction of sp³-hybridized carbons (Fsp3) is 0.526. The summed E-state index contributed by atoms with van der Waals surface area (Å²) in [4.78, 5) is 14.8. The Morgan fingerprint density at radius 2 is 2.31 bits per heavy atom. The van der Waals surface area contributed by atoms with Gasteiger partial charge >= 0.3 is 0 Å². The predicted molar refractivity (Wildman–Crippen MR) is 98.8 cm³/mol. The van der Waals surface area contributed by atoms with E-state index in [1.807, 2.05) is 12.1 Å². The highest BCUT2D eigenvalue weighted by Crippen LogP contribution is 2.63. The maximum Gasteiger partial charge on any atom is 0.231 e. The molecule has 1 aromatic rings. The molecule has 2 bridgehead atoms. The molecule has 26 heavy (non-hydrogen) atoms. The number of likely N-dealkylation sites (tertiary alicyclic amines) is 1. The van der Waals surface area contributed by atoms with Gasteiger partial charge in [-0.3, -0.25) is 4.79 Å². The maximum atomic E-state index is 12.5. The molecule has 2 aliphatic heterocycles. The Kier molecular flexibility index (Phi) is 3.34. The number of phenolic OH excluding ortho intramolecular Hbond substituents is 1. The largest absolute Gasteiger partial charge is 0.504 e. The first-order valence-corrected chi connectivity index (χ1v) is 10.0. The summed E-state index contributed by atoms with van der Waals surface area (Å²) < 4.78 is 6.16. The Balaban J connectivity index is 1.84. The van der Waals surface area contributed by atoms with E-state index in [2.05, 4.69) is 33.2 Å². The van der Waals surface area contributed by atoms with Crippen LogP contribution in [0.25, 0.3) is 0 Å². The predicted octanol–water partition coefficient (Wildman–Crippen LogP) is 0.832. The van der Waals surface area contributed by atoms with E-state index >= 15 is 0 Å². The third-order valence-electron chi connectivity index (χ3n) is 6.80. The number of carbonyl (C=O) groups excluding carboxylic acids is 1.